The number of aromatic nitrogens is 2. The number of amides is 1. The molecule has 0 fully saturated rings. The van der Waals surface area contributed by atoms with Crippen LogP contribution in [0.3, 0.4) is 0 Å². The van der Waals surface area contributed by atoms with E-state index in [9.17, 15) is 4.79 Å². The largest absolute Gasteiger partial charge is 0.341 e. The summed E-state index contributed by atoms with van der Waals surface area (Å²) in [6.45, 7) is 5.46. The van der Waals surface area contributed by atoms with Gasteiger partial charge in [-0.15, -0.1) is 0 Å². The average Bonchev–Trinajstić information content (AvgIpc) is 2.88. The van der Waals surface area contributed by atoms with Crippen LogP contribution in [-0.4, -0.2) is 34.2 Å². The highest BCUT2D eigenvalue weighted by atomic mass is 35.5. The molecule has 112 valence electrons. The summed E-state index contributed by atoms with van der Waals surface area (Å²) in [5.41, 5.74) is 1.59. The zero-order valence-electron chi connectivity index (χ0n) is 12.6. The van der Waals surface area contributed by atoms with Crippen LogP contribution in [0.1, 0.15) is 29.8 Å². The number of carbonyl (C=O) groups is 1. The van der Waals surface area contributed by atoms with E-state index in [2.05, 4.69) is 18.9 Å². The van der Waals surface area contributed by atoms with Gasteiger partial charge in [0, 0.05) is 24.8 Å². The number of rotatable bonds is 5. The molecule has 2 aromatic rings. The molecule has 0 saturated heterocycles. The Kier molecular flexibility index (Phi) is 5.02. The van der Waals surface area contributed by atoms with Crippen molar-refractivity contribution in [2.75, 3.05) is 13.6 Å². The standard InChI is InChI=1S/C16H20ClN3O/c1-12(2)9-19(3)16(21)14-8-18-20(11-14)10-13-6-4-5-7-15(13)17/h4-8,11-12H,9-10H2,1-3H3. The van der Waals surface area contributed by atoms with Crippen molar-refractivity contribution in [3.05, 3.63) is 52.8 Å². The van der Waals surface area contributed by atoms with E-state index in [0.29, 0.717) is 23.0 Å². The third kappa shape index (κ3) is 4.08. The minimum atomic E-state index is -0.00545. The van der Waals surface area contributed by atoms with Crippen molar-refractivity contribution in [2.24, 2.45) is 5.92 Å². The van der Waals surface area contributed by atoms with Crippen molar-refractivity contribution in [3.63, 3.8) is 0 Å². The third-order valence-electron chi connectivity index (χ3n) is 3.16. The van der Waals surface area contributed by atoms with E-state index in [-0.39, 0.29) is 5.91 Å². The fourth-order valence-corrected chi connectivity index (χ4v) is 2.41. The van der Waals surface area contributed by atoms with E-state index >= 15 is 0 Å². The van der Waals surface area contributed by atoms with Crippen molar-refractivity contribution in [1.82, 2.24) is 14.7 Å². The monoisotopic (exact) mass is 305 g/mol. The van der Waals surface area contributed by atoms with Gasteiger partial charge in [-0.05, 0) is 17.5 Å². The summed E-state index contributed by atoms with van der Waals surface area (Å²) in [6.07, 6.45) is 3.37. The Morgan fingerprint density at radius 1 is 1.38 bits per heavy atom. The maximum absolute atomic E-state index is 12.3. The molecule has 2 rings (SSSR count). The Labute approximate surface area is 130 Å². The van der Waals surface area contributed by atoms with Gasteiger partial charge in [-0.3, -0.25) is 9.48 Å². The molecule has 1 amide bonds. The van der Waals surface area contributed by atoms with E-state index in [1.54, 1.807) is 22.0 Å². The molecular formula is C16H20ClN3O. The maximum atomic E-state index is 12.3. The van der Waals surface area contributed by atoms with Crippen LogP contribution in [0.4, 0.5) is 0 Å². The lowest BCUT2D eigenvalue weighted by atomic mass is 10.2. The van der Waals surface area contributed by atoms with Crippen molar-refractivity contribution < 1.29 is 4.79 Å². The molecule has 0 aliphatic rings. The van der Waals surface area contributed by atoms with Gasteiger partial charge in [0.05, 0.1) is 18.3 Å². The Morgan fingerprint density at radius 2 is 2.10 bits per heavy atom. The fourth-order valence-electron chi connectivity index (χ4n) is 2.21. The Bertz CT molecular complexity index is 621. The first-order valence-electron chi connectivity index (χ1n) is 6.98. The molecule has 0 bridgehead atoms. The minimum Gasteiger partial charge on any atom is -0.341 e. The molecule has 0 saturated carbocycles. The highest BCUT2D eigenvalue weighted by molar-refractivity contribution is 6.31. The van der Waals surface area contributed by atoms with Gasteiger partial charge in [-0.2, -0.15) is 5.10 Å². The number of carbonyl (C=O) groups excluding carboxylic acids is 1. The van der Waals surface area contributed by atoms with E-state index in [1.807, 2.05) is 31.3 Å². The molecule has 1 heterocycles. The molecule has 5 heteroatoms. The van der Waals surface area contributed by atoms with Gasteiger partial charge >= 0.3 is 0 Å². The predicted octanol–water partition coefficient (Wildman–Crippen LogP) is 3.31. The number of hydrogen-bond acceptors (Lipinski definition) is 2. The molecule has 0 radical (unpaired) electrons. The van der Waals surface area contributed by atoms with E-state index < -0.39 is 0 Å². The van der Waals surface area contributed by atoms with E-state index in [0.717, 1.165) is 12.1 Å². The highest BCUT2D eigenvalue weighted by Crippen LogP contribution is 2.16. The zero-order chi connectivity index (χ0) is 15.4. The van der Waals surface area contributed by atoms with Crippen LogP contribution >= 0.6 is 11.6 Å². The smallest absolute Gasteiger partial charge is 0.256 e. The van der Waals surface area contributed by atoms with Crippen LogP contribution in [0.5, 0.6) is 0 Å². The van der Waals surface area contributed by atoms with Crippen molar-refractivity contribution in [1.29, 1.82) is 0 Å². The van der Waals surface area contributed by atoms with E-state index in [1.165, 1.54) is 0 Å². The van der Waals surface area contributed by atoms with Crippen LogP contribution < -0.4 is 0 Å². The number of benzene rings is 1. The minimum absolute atomic E-state index is 0.00545. The Hall–Kier alpha value is -1.81. The third-order valence-corrected chi connectivity index (χ3v) is 3.52. The average molecular weight is 306 g/mol. The molecular weight excluding hydrogens is 286 g/mol. The molecule has 0 N–H and O–H groups in total. The summed E-state index contributed by atoms with van der Waals surface area (Å²) in [6, 6.07) is 7.64. The Morgan fingerprint density at radius 3 is 2.76 bits per heavy atom. The first kappa shape index (κ1) is 15.6. The normalized spacial score (nSPS) is 10.9. The van der Waals surface area contributed by atoms with Crippen LogP contribution in [0.25, 0.3) is 0 Å². The Balaban J connectivity index is 2.08. The van der Waals surface area contributed by atoms with Crippen LogP contribution in [-0.2, 0) is 6.54 Å². The molecule has 0 aliphatic heterocycles. The maximum Gasteiger partial charge on any atom is 0.256 e. The van der Waals surface area contributed by atoms with E-state index in [4.69, 9.17) is 11.6 Å². The predicted molar refractivity (Wildman–Crippen MR) is 84.6 cm³/mol. The molecule has 0 atom stereocenters. The van der Waals surface area contributed by atoms with Crippen LogP contribution in [0.2, 0.25) is 5.02 Å². The highest BCUT2D eigenvalue weighted by Gasteiger charge is 2.15. The summed E-state index contributed by atoms with van der Waals surface area (Å²) in [5.74, 6) is 0.436. The first-order valence-corrected chi connectivity index (χ1v) is 7.36. The lowest BCUT2D eigenvalue weighted by molar-refractivity contribution is 0.0779. The summed E-state index contributed by atoms with van der Waals surface area (Å²) in [7, 11) is 1.81. The van der Waals surface area contributed by atoms with Crippen molar-refractivity contribution in [2.45, 2.75) is 20.4 Å². The van der Waals surface area contributed by atoms with Crippen molar-refractivity contribution >= 4 is 17.5 Å². The second-order valence-electron chi connectivity index (χ2n) is 5.60. The topological polar surface area (TPSA) is 38.1 Å². The lowest BCUT2D eigenvalue weighted by Crippen LogP contribution is -2.30. The SMILES string of the molecule is CC(C)CN(C)C(=O)c1cnn(Cc2ccccc2Cl)c1. The molecule has 1 aromatic carbocycles. The molecule has 1 aromatic heterocycles. The van der Waals surface area contributed by atoms with Gasteiger partial charge in [0.2, 0.25) is 0 Å². The molecule has 21 heavy (non-hydrogen) atoms. The molecule has 0 aliphatic carbocycles. The summed E-state index contributed by atoms with van der Waals surface area (Å²) in [5, 5.41) is 4.95. The zero-order valence-corrected chi connectivity index (χ0v) is 13.3. The molecule has 0 unspecified atom stereocenters. The van der Waals surface area contributed by atoms with Crippen LogP contribution in [0, 0.1) is 5.92 Å². The van der Waals surface area contributed by atoms with Crippen LogP contribution in [0.15, 0.2) is 36.7 Å². The number of nitrogens with zero attached hydrogens (tertiary/aromatic N) is 3. The van der Waals surface area contributed by atoms with Gasteiger partial charge in [-0.1, -0.05) is 43.6 Å². The second kappa shape index (κ2) is 6.76. The first-order chi connectivity index (χ1) is 9.97. The van der Waals surface area contributed by atoms with Gasteiger partial charge in [0.1, 0.15) is 0 Å². The summed E-state index contributed by atoms with van der Waals surface area (Å²) in [4.78, 5) is 14.0. The van der Waals surface area contributed by atoms with Gasteiger partial charge in [0.25, 0.3) is 5.91 Å². The van der Waals surface area contributed by atoms with Gasteiger partial charge in [0.15, 0.2) is 0 Å². The number of hydrogen-bond donors (Lipinski definition) is 0. The van der Waals surface area contributed by atoms with Gasteiger partial charge in [-0.25, -0.2) is 0 Å². The fraction of sp³-hybridized carbons (Fsp3) is 0.375. The quantitative estimate of drug-likeness (QED) is 0.850. The second-order valence-corrected chi connectivity index (χ2v) is 6.00. The number of halogens is 1. The summed E-state index contributed by atoms with van der Waals surface area (Å²) < 4.78 is 1.73. The summed E-state index contributed by atoms with van der Waals surface area (Å²) >= 11 is 6.13. The molecule has 0 spiro atoms. The molecule has 4 nitrogen and oxygen atoms in total. The van der Waals surface area contributed by atoms with Gasteiger partial charge < -0.3 is 4.90 Å². The lowest BCUT2D eigenvalue weighted by Gasteiger charge is -2.18. The van der Waals surface area contributed by atoms with Crippen molar-refractivity contribution in [3.8, 4) is 0 Å².